The number of amides is 1. The van der Waals surface area contributed by atoms with Gasteiger partial charge in [0.15, 0.2) is 0 Å². The predicted octanol–water partition coefficient (Wildman–Crippen LogP) is 4.13. The molecule has 0 unspecified atom stereocenters. The molecule has 2 N–H and O–H groups in total. The Balaban J connectivity index is 1.70. The number of carbonyl (C=O) groups excluding carboxylic acids is 1. The third-order valence-corrected chi connectivity index (χ3v) is 5.83. The summed E-state index contributed by atoms with van der Waals surface area (Å²) < 4.78 is 7.71. The van der Waals surface area contributed by atoms with Crippen molar-refractivity contribution in [2.75, 3.05) is 56.9 Å². The molecule has 0 saturated heterocycles. The third kappa shape index (κ3) is 6.00. The average molecular weight is 498 g/mol. The molecule has 0 aliphatic carbocycles. The number of nitrogens with zero attached hydrogens (tertiary/aromatic N) is 5. The second-order valence-electron chi connectivity index (χ2n) is 8.73. The normalized spacial score (nSPS) is 10.6. The van der Waals surface area contributed by atoms with Crippen LogP contribution >= 0.6 is 0 Å². The molecule has 0 aliphatic heterocycles. The first-order valence-electron chi connectivity index (χ1n) is 11.9. The molecular formula is C28H31N7O2. The molecule has 2 aromatic carbocycles. The molecule has 190 valence electrons. The van der Waals surface area contributed by atoms with Gasteiger partial charge in [0, 0.05) is 38.6 Å². The van der Waals surface area contributed by atoms with Crippen LogP contribution in [0.4, 0.5) is 23.0 Å². The minimum absolute atomic E-state index is 0.390. The highest BCUT2D eigenvalue weighted by Gasteiger charge is 2.17. The van der Waals surface area contributed by atoms with Crippen molar-refractivity contribution < 1.29 is 9.53 Å². The van der Waals surface area contributed by atoms with Gasteiger partial charge in [0.1, 0.15) is 11.6 Å². The summed E-state index contributed by atoms with van der Waals surface area (Å²) in [7, 11) is 7.62. The number of methoxy groups -OCH3 is 1. The third-order valence-electron chi connectivity index (χ3n) is 5.83. The summed E-state index contributed by atoms with van der Waals surface area (Å²) >= 11 is 0. The Morgan fingerprint density at radius 1 is 1.08 bits per heavy atom. The quantitative estimate of drug-likeness (QED) is 0.336. The van der Waals surface area contributed by atoms with Gasteiger partial charge >= 0.3 is 0 Å². The zero-order valence-electron chi connectivity index (χ0n) is 21.7. The molecule has 0 fully saturated rings. The Bertz CT molecular complexity index is 1470. The van der Waals surface area contributed by atoms with Gasteiger partial charge in [-0.05, 0) is 56.6 Å². The Morgan fingerprint density at radius 3 is 2.65 bits per heavy atom. The van der Waals surface area contributed by atoms with Gasteiger partial charge in [0.05, 0.1) is 29.7 Å². The largest absolute Gasteiger partial charge is 0.494 e. The Kier molecular flexibility index (Phi) is 7.91. The highest BCUT2D eigenvalue weighted by molar-refractivity contribution is 6.06. The number of hydrogen-bond acceptors (Lipinski definition) is 7. The molecule has 4 aromatic rings. The van der Waals surface area contributed by atoms with Crippen LogP contribution < -0.4 is 20.3 Å². The minimum atomic E-state index is -0.390. The van der Waals surface area contributed by atoms with Crippen LogP contribution in [0.1, 0.15) is 6.92 Å². The van der Waals surface area contributed by atoms with Crippen molar-refractivity contribution in [3.63, 3.8) is 0 Å². The Morgan fingerprint density at radius 2 is 1.89 bits per heavy atom. The zero-order valence-corrected chi connectivity index (χ0v) is 21.7. The number of likely N-dealkylation sites (N-methyl/N-ethyl adjacent to an activating group) is 2. The molecule has 0 atom stereocenters. The van der Waals surface area contributed by atoms with Crippen molar-refractivity contribution in [3.05, 3.63) is 60.9 Å². The molecule has 0 bridgehead atoms. The van der Waals surface area contributed by atoms with Gasteiger partial charge in [-0.2, -0.15) is 4.98 Å². The number of aromatic nitrogens is 3. The lowest BCUT2D eigenvalue weighted by atomic mass is 10.2. The molecule has 2 aromatic heterocycles. The van der Waals surface area contributed by atoms with Gasteiger partial charge in [0.25, 0.3) is 5.91 Å². The van der Waals surface area contributed by atoms with Gasteiger partial charge in [-0.15, -0.1) is 0 Å². The van der Waals surface area contributed by atoms with E-state index in [9.17, 15) is 4.79 Å². The molecule has 37 heavy (non-hydrogen) atoms. The van der Waals surface area contributed by atoms with Crippen molar-refractivity contribution >= 4 is 39.8 Å². The maximum absolute atomic E-state index is 12.4. The Hall–Kier alpha value is -4.55. The first-order valence-corrected chi connectivity index (χ1v) is 11.9. The van der Waals surface area contributed by atoms with E-state index in [-0.39, 0.29) is 0 Å². The van der Waals surface area contributed by atoms with Gasteiger partial charge in [-0.3, -0.25) is 4.79 Å². The van der Waals surface area contributed by atoms with Gasteiger partial charge in [-0.1, -0.05) is 24.1 Å². The van der Waals surface area contributed by atoms with E-state index >= 15 is 0 Å². The molecule has 0 aliphatic rings. The van der Waals surface area contributed by atoms with Gasteiger partial charge < -0.3 is 29.7 Å². The summed E-state index contributed by atoms with van der Waals surface area (Å²) in [6, 6.07) is 15.7. The molecule has 9 nitrogen and oxygen atoms in total. The molecular weight excluding hydrogens is 466 g/mol. The molecule has 2 heterocycles. The van der Waals surface area contributed by atoms with E-state index in [1.807, 2.05) is 74.4 Å². The number of nitrogens with one attached hydrogen (secondary N) is 2. The fourth-order valence-corrected chi connectivity index (χ4v) is 3.94. The summed E-state index contributed by atoms with van der Waals surface area (Å²) in [5, 5.41) is 7.29. The second-order valence-corrected chi connectivity index (χ2v) is 8.73. The topological polar surface area (TPSA) is 87.5 Å². The smallest absolute Gasteiger partial charge is 0.300 e. The standard InChI is InChI=1S/C28H31N7O2/c1-6-9-27(36)30-21-18-22(25(37-5)19-24(21)34(4)17-16-33(2)3)31-28-29-14-12-26(32-28)35-15-13-20-10-7-8-11-23(20)35/h7-8,10-15,18-19H,16-17H2,1-5H3,(H,30,36)(H,29,31,32). The van der Waals surface area contributed by atoms with Crippen molar-refractivity contribution in [1.29, 1.82) is 0 Å². The average Bonchev–Trinajstić information content (AvgIpc) is 3.32. The van der Waals surface area contributed by atoms with Crippen LogP contribution in [0, 0.1) is 11.8 Å². The number of fused-ring (bicyclic) bond motifs is 1. The molecule has 0 spiro atoms. The van der Waals surface area contributed by atoms with Crippen LogP contribution in [-0.4, -0.2) is 66.7 Å². The van der Waals surface area contributed by atoms with Gasteiger partial charge in [0.2, 0.25) is 5.95 Å². The van der Waals surface area contributed by atoms with E-state index in [0.717, 1.165) is 35.5 Å². The van der Waals surface area contributed by atoms with Crippen LogP contribution in [0.5, 0.6) is 5.75 Å². The minimum Gasteiger partial charge on any atom is -0.494 e. The number of carbonyl (C=O) groups is 1. The summed E-state index contributed by atoms with van der Waals surface area (Å²) in [6.07, 6.45) is 3.69. The van der Waals surface area contributed by atoms with Crippen molar-refractivity contribution in [3.8, 4) is 23.4 Å². The summed E-state index contributed by atoms with van der Waals surface area (Å²) in [5.74, 6) is 6.50. The Labute approximate surface area is 217 Å². The molecule has 0 radical (unpaired) electrons. The highest BCUT2D eigenvalue weighted by Crippen LogP contribution is 2.38. The van der Waals surface area contributed by atoms with Crippen molar-refractivity contribution in [2.24, 2.45) is 0 Å². The number of para-hydroxylation sites is 1. The van der Waals surface area contributed by atoms with Crippen LogP contribution in [0.25, 0.3) is 16.7 Å². The van der Waals surface area contributed by atoms with E-state index in [0.29, 0.717) is 23.1 Å². The first-order chi connectivity index (χ1) is 17.9. The summed E-state index contributed by atoms with van der Waals surface area (Å²) in [5.41, 5.74) is 3.08. The maximum atomic E-state index is 12.4. The van der Waals surface area contributed by atoms with Crippen LogP contribution in [0.3, 0.4) is 0 Å². The fraction of sp³-hybridized carbons (Fsp3) is 0.250. The number of ether oxygens (including phenoxy) is 1. The summed E-state index contributed by atoms with van der Waals surface area (Å²) in [4.78, 5) is 25.7. The van der Waals surface area contributed by atoms with E-state index in [1.54, 1.807) is 20.2 Å². The summed E-state index contributed by atoms with van der Waals surface area (Å²) in [6.45, 7) is 3.22. The van der Waals surface area contributed by atoms with Crippen molar-refractivity contribution in [2.45, 2.75) is 6.92 Å². The zero-order chi connectivity index (χ0) is 26.4. The fourth-order valence-electron chi connectivity index (χ4n) is 3.94. The van der Waals surface area contributed by atoms with Crippen LogP contribution in [0.15, 0.2) is 60.9 Å². The number of rotatable bonds is 9. The SMILES string of the molecule is CC#CC(=O)Nc1cc(Nc2nccc(-n3ccc4ccccc43)n2)c(OC)cc1N(C)CCN(C)C. The van der Waals surface area contributed by atoms with Crippen molar-refractivity contribution in [1.82, 2.24) is 19.4 Å². The van der Waals surface area contributed by atoms with E-state index in [4.69, 9.17) is 9.72 Å². The highest BCUT2D eigenvalue weighted by atomic mass is 16.5. The lowest BCUT2D eigenvalue weighted by Crippen LogP contribution is -2.29. The van der Waals surface area contributed by atoms with E-state index in [1.165, 1.54) is 0 Å². The molecule has 1 amide bonds. The lowest BCUT2D eigenvalue weighted by Gasteiger charge is -2.25. The van der Waals surface area contributed by atoms with Crippen LogP contribution in [-0.2, 0) is 4.79 Å². The second kappa shape index (κ2) is 11.5. The first kappa shape index (κ1) is 25.5. The van der Waals surface area contributed by atoms with E-state index in [2.05, 4.69) is 43.3 Å². The molecule has 9 heteroatoms. The molecule has 0 saturated carbocycles. The number of hydrogen-bond donors (Lipinski definition) is 2. The van der Waals surface area contributed by atoms with Gasteiger partial charge in [-0.25, -0.2) is 4.98 Å². The van der Waals surface area contributed by atoms with Crippen LogP contribution in [0.2, 0.25) is 0 Å². The monoisotopic (exact) mass is 497 g/mol. The number of anilines is 4. The predicted molar refractivity (Wildman–Crippen MR) is 149 cm³/mol. The van der Waals surface area contributed by atoms with E-state index < -0.39 is 5.91 Å². The molecule has 4 rings (SSSR count). The number of benzene rings is 2. The lowest BCUT2D eigenvalue weighted by molar-refractivity contribution is -0.111. The maximum Gasteiger partial charge on any atom is 0.300 e.